The maximum atomic E-state index is 12.4. The predicted octanol–water partition coefficient (Wildman–Crippen LogP) is 0.951. The lowest BCUT2D eigenvalue weighted by Crippen LogP contribution is -2.43. The second kappa shape index (κ2) is 5.25. The van der Waals surface area contributed by atoms with Gasteiger partial charge in [-0.25, -0.2) is 17.9 Å². The molecule has 6 nitrogen and oxygen atoms in total. The van der Waals surface area contributed by atoms with Crippen molar-refractivity contribution < 1.29 is 12.8 Å². The third kappa shape index (κ3) is 2.85. The fourth-order valence-corrected chi connectivity index (χ4v) is 3.98. The monoisotopic (exact) mass is 308 g/mol. The molecule has 0 radical (unpaired) electrons. The maximum Gasteiger partial charge on any atom is 0.336 e. The average Bonchev–Trinajstić information content (AvgIpc) is 2.83. The average molecular weight is 308 g/mol. The molecule has 1 fully saturated rings. The second-order valence-corrected chi connectivity index (χ2v) is 6.99. The summed E-state index contributed by atoms with van der Waals surface area (Å²) in [6.45, 7) is 0. The molecule has 3 N–H and O–H groups in total. The summed E-state index contributed by atoms with van der Waals surface area (Å²) < 4.78 is 32.4. The van der Waals surface area contributed by atoms with Crippen LogP contribution < -0.4 is 16.1 Å². The summed E-state index contributed by atoms with van der Waals surface area (Å²) in [5, 5.41) is 0.563. The van der Waals surface area contributed by atoms with Crippen molar-refractivity contribution in [2.75, 3.05) is 0 Å². The number of nitrogens with one attached hydrogen (secondary N) is 1. The lowest BCUT2D eigenvalue weighted by atomic mass is 10.2. The van der Waals surface area contributed by atoms with E-state index in [-0.39, 0.29) is 17.0 Å². The minimum Gasteiger partial charge on any atom is -0.423 e. The molecule has 2 aromatic rings. The van der Waals surface area contributed by atoms with E-state index in [4.69, 9.17) is 10.2 Å². The van der Waals surface area contributed by atoms with Crippen LogP contribution in [0.2, 0.25) is 0 Å². The Hall–Kier alpha value is -1.70. The van der Waals surface area contributed by atoms with E-state index in [1.165, 1.54) is 24.3 Å². The van der Waals surface area contributed by atoms with Crippen molar-refractivity contribution in [2.45, 2.75) is 36.2 Å². The molecular weight excluding hydrogens is 292 g/mol. The molecule has 7 heteroatoms. The van der Waals surface area contributed by atoms with Gasteiger partial charge in [0.25, 0.3) is 0 Å². The Morgan fingerprint density at radius 1 is 1.19 bits per heavy atom. The Labute approximate surface area is 122 Å². The van der Waals surface area contributed by atoms with Crippen molar-refractivity contribution in [2.24, 2.45) is 5.73 Å². The van der Waals surface area contributed by atoms with E-state index in [0.717, 1.165) is 19.3 Å². The molecule has 3 rings (SSSR count). The first-order valence-electron chi connectivity index (χ1n) is 6.77. The van der Waals surface area contributed by atoms with Crippen molar-refractivity contribution >= 4 is 21.0 Å². The standard InChI is InChI=1S/C14H16N2O4S/c15-11-2-1-3-12(11)16-21(18,19)10-5-6-13-9(8-10)4-7-14(17)20-13/h4-8,11-12,16H,1-3,15H2. The van der Waals surface area contributed by atoms with Gasteiger partial charge in [-0.3, -0.25) is 0 Å². The van der Waals surface area contributed by atoms with E-state index in [1.54, 1.807) is 6.07 Å². The lowest BCUT2D eigenvalue weighted by Gasteiger charge is -2.17. The van der Waals surface area contributed by atoms with Gasteiger partial charge in [0, 0.05) is 23.5 Å². The summed E-state index contributed by atoms with van der Waals surface area (Å²) in [7, 11) is -3.63. The Morgan fingerprint density at radius 3 is 2.71 bits per heavy atom. The van der Waals surface area contributed by atoms with Crippen LogP contribution in [0.4, 0.5) is 0 Å². The molecule has 1 aliphatic carbocycles. The van der Waals surface area contributed by atoms with Crippen molar-refractivity contribution in [3.05, 3.63) is 40.8 Å². The van der Waals surface area contributed by atoms with E-state index in [0.29, 0.717) is 11.0 Å². The summed E-state index contributed by atoms with van der Waals surface area (Å²) in [6.07, 6.45) is 2.51. The van der Waals surface area contributed by atoms with Gasteiger partial charge < -0.3 is 10.2 Å². The first-order chi connectivity index (χ1) is 9.95. The normalized spacial score (nSPS) is 22.7. The molecule has 1 aromatic heterocycles. The number of hydrogen-bond donors (Lipinski definition) is 2. The minimum absolute atomic E-state index is 0.141. The van der Waals surface area contributed by atoms with Gasteiger partial charge in [-0.1, -0.05) is 6.42 Å². The molecular formula is C14H16N2O4S. The molecule has 2 unspecified atom stereocenters. The molecule has 0 amide bonds. The number of nitrogens with two attached hydrogens (primary N) is 1. The first kappa shape index (κ1) is 14.2. The fraction of sp³-hybridized carbons (Fsp3) is 0.357. The first-order valence-corrected chi connectivity index (χ1v) is 8.26. The van der Waals surface area contributed by atoms with Crippen molar-refractivity contribution in [1.29, 1.82) is 0 Å². The zero-order valence-electron chi connectivity index (χ0n) is 11.3. The Kier molecular flexibility index (Phi) is 3.56. The highest BCUT2D eigenvalue weighted by Crippen LogP contribution is 2.22. The maximum absolute atomic E-state index is 12.4. The summed E-state index contributed by atoms with van der Waals surface area (Å²) >= 11 is 0. The highest BCUT2D eigenvalue weighted by atomic mass is 32.2. The Bertz CT molecular complexity index is 828. The number of sulfonamides is 1. The summed E-state index contributed by atoms with van der Waals surface area (Å²) in [6, 6.07) is 6.84. The largest absolute Gasteiger partial charge is 0.423 e. The van der Waals surface area contributed by atoms with Gasteiger partial charge in [0.1, 0.15) is 5.58 Å². The summed E-state index contributed by atoms with van der Waals surface area (Å²) in [4.78, 5) is 11.3. The van der Waals surface area contributed by atoms with Crippen LogP contribution in [0.1, 0.15) is 19.3 Å². The van der Waals surface area contributed by atoms with Gasteiger partial charge in [-0.15, -0.1) is 0 Å². The summed E-state index contributed by atoms with van der Waals surface area (Å²) in [5.74, 6) is 0. The molecule has 1 heterocycles. The van der Waals surface area contributed by atoms with Crippen LogP contribution in [-0.2, 0) is 10.0 Å². The van der Waals surface area contributed by atoms with Crippen LogP contribution in [0.15, 0.2) is 44.4 Å². The second-order valence-electron chi connectivity index (χ2n) is 5.28. The van der Waals surface area contributed by atoms with E-state index in [9.17, 15) is 13.2 Å². The third-order valence-electron chi connectivity index (χ3n) is 3.78. The smallest absolute Gasteiger partial charge is 0.336 e. The number of benzene rings is 1. The van der Waals surface area contributed by atoms with E-state index < -0.39 is 15.6 Å². The van der Waals surface area contributed by atoms with Crippen molar-refractivity contribution in [3.8, 4) is 0 Å². The zero-order valence-corrected chi connectivity index (χ0v) is 12.1. The van der Waals surface area contributed by atoms with Crippen LogP contribution in [0, 0.1) is 0 Å². The van der Waals surface area contributed by atoms with E-state index in [2.05, 4.69) is 4.72 Å². The van der Waals surface area contributed by atoms with Crippen LogP contribution in [0.25, 0.3) is 11.0 Å². The number of rotatable bonds is 3. The van der Waals surface area contributed by atoms with Crippen molar-refractivity contribution in [1.82, 2.24) is 4.72 Å². The van der Waals surface area contributed by atoms with Gasteiger partial charge in [-0.05, 0) is 37.1 Å². The third-order valence-corrected chi connectivity index (χ3v) is 5.26. The van der Waals surface area contributed by atoms with E-state index >= 15 is 0 Å². The topological polar surface area (TPSA) is 102 Å². The Balaban J connectivity index is 1.95. The fourth-order valence-electron chi connectivity index (χ4n) is 2.62. The molecule has 0 aliphatic heterocycles. The highest BCUT2D eigenvalue weighted by molar-refractivity contribution is 7.89. The van der Waals surface area contributed by atoms with Gasteiger partial charge in [-0.2, -0.15) is 0 Å². The molecule has 1 aromatic carbocycles. The summed E-state index contributed by atoms with van der Waals surface area (Å²) in [5.41, 5.74) is 5.79. The quantitative estimate of drug-likeness (QED) is 0.822. The van der Waals surface area contributed by atoms with Crippen molar-refractivity contribution in [3.63, 3.8) is 0 Å². The highest BCUT2D eigenvalue weighted by Gasteiger charge is 2.28. The predicted molar refractivity (Wildman–Crippen MR) is 78.4 cm³/mol. The van der Waals surface area contributed by atoms with Gasteiger partial charge >= 0.3 is 5.63 Å². The molecule has 0 saturated heterocycles. The molecule has 21 heavy (non-hydrogen) atoms. The Morgan fingerprint density at radius 2 is 2.00 bits per heavy atom. The van der Waals surface area contributed by atoms with Crippen LogP contribution >= 0.6 is 0 Å². The van der Waals surface area contributed by atoms with Gasteiger partial charge in [0.05, 0.1) is 4.90 Å². The zero-order chi connectivity index (χ0) is 15.0. The van der Waals surface area contributed by atoms with E-state index in [1.807, 2.05) is 0 Å². The molecule has 0 spiro atoms. The lowest BCUT2D eigenvalue weighted by molar-refractivity contribution is 0.522. The molecule has 1 saturated carbocycles. The molecule has 0 bridgehead atoms. The number of hydrogen-bond acceptors (Lipinski definition) is 5. The van der Waals surface area contributed by atoms with Crippen LogP contribution in [-0.4, -0.2) is 20.5 Å². The van der Waals surface area contributed by atoms with Gasteiger partial charge in [0.15, 0.2) is 0 Å². The van der Waals surface area contributed by atoms with Crippen LogP contribution in [0.5, 0.6) is 0 Å². The molecule has 2 atom stereocenters. The number of fused-ring (bicyclic) bond motifs is 1. The van der Waals surface area contributed by atoms with Crippen LogP contribution in [0.3, 0.4) is 0 Å². The van der Waals surface area contributed by atoms with Gasteiger partial charge in [0.2, 0.25) is 10.0 Å². The SMILES string of the molecule is NC1CCCC1NS(=O)(=O)c1ccc2oc(=O)ccc2c1. The molecule has 112 valence electrons. The minimum atomic E-state index is -3.63. The molecule has 1 aliphatic rings.